The molecule has 0 saturated carbocycles. The summed E-state index contributed by atoms with van der Waals surface area (Å²) in [6, 6.07) is 57.7. The van der Waals surface area contributed by atoms with Crippen LogP contribution in [0.15, 0.2) is 176 Å². The third-order valence-electron chi connectivity index (χ3n) is 10.4. The quantitative estimate of drug-likeness (QED) is 0.131. The van der Waals surface area contributed by atoms with Crippen LogP contribution in [0, 0.1) is 11.6 Å². The summed E-state index contributed by atoms with van der Waals surface area (Å²) in [7, 11) is 1.66. The van der Waals surface area contributed by atoms with E-state index >= 15 is 0 Å². The summed E-state index contributed by atoms with van der Waals surface area (Å²) in [6.07, 6.45) is 1.98. The maximum atomic E-state index is 14.5. The summed E-state index contributed by atoms with van der Waals surface area (Å²) in [5.74, 6) is 0.102. The van der Waals surface area contributed by atoms with E-state index in [1.807, 2.05) is 12.1 Å². The minimum atomic E-state index is -0.310. The Kier molecular flexibility index (Phi) is 10.3. The Morgan fingerprint density at radius 1 is 0.411 bits per heavy atom. The first kappa shape index (κ1) is 36.3. The van der Waals surface area contributed by atoms with Gasteiger partial charge in [-0.15, -0.1) is 0 Å². The average molecular weight is 737 g/mol. The van der Waals surface area contributed by atoms with Crippen LogP contribution >= 0.6 is 0 Å². The summed E-state index contributed by atoms with van der Waals surface area (Å²) < 4.78 is 34.6. The van der Waals surface area contributed by atoms with Crippen molar-refractivity contribution in [1.82, 2.24) is 0 Å². The van der Waals surface area contributed by atoms with Gasteiger partial charge in [-0.05, 0) is 155 Å². The molecular weight excluding hydrogens is 695 g/mol. The first-order valence-electron chi connectivity index (χ1n) is 19.0. The second-order valence-corrected chi connectivity index (χ2v) is 13.9. The molecule has 0 heterocycles. The van der Waals surface area contributed by atoms with Crippen LogP contribution in [0.5, 0.6) is 5.75 Å². The highest BCUT2D eigenvalue weighted by Gasteiger charge is 2.21. The van der Waals surface area contributed by atoms with Crippen LogP contribution in [0.1, 0.15) is 25.0 Å². The van der Waals surface area contributed by atoms with Crippen molar-refractivity contribution in [1.29, 1.82) is 0 Å². The number of methoxy groups -OCH3 is 1. The normalized spacial score (nSPS) is 11.1. The lowest BCUT2D eigenvalue weighted by molar-refractivity contribution is 0.415. The van der Waals surface area contributed by atoms with E-state index < -0.39 is 0 Å². The summed E-state index contributed by atoms with van der Waals surface area (Å²) in [4.78, 5) is 4.30. The molecule has 0 bridgehead atoms. The molecular formula is C51H42F2N2O. The molecule has 0 fully saturated rings. The second kappa shape index (κ2) is 15.9. The predicted octanol–water partition coefficient (Wildman–Crippen LogP) is 14.5. The first-order chi connectivity index (χ1) is 27.4. The van der Waals surface area contributed by atoms with Gasteiger partial charge < -0.3 is 14.5 Å². The van der Waals surface area contributed by atoms with E-state index in [0.29, 0.717) is 0 Å². The van der Waals surface area contributed by atoms with Crippen molar-refractivity contribution in [2.24, 2.45) is 0 Å². The molecule has 56 heavy (non-hydrogen) atoms. The fourth-order valence-electron chi connectivity index (χ4n) is 7.28. The predicted molar refractivity (Wildman–Crippen MR) is 229 cm³/mol. The van der Waals surface area contributed by atoms with E-state index in [-0.39, 0.29) is 11.6 Å². The molecule has 0 aliphatic heterocycles. The minimum absolute atomic E-state index is 0.309. The molecule has 0 aliphatic carbocycles. The van der Waals surface area contributed by atoms with Gasteiger partial charge in [0.1, 0.15) is 17.4 Å². The van der Waals surface area contributed by atoms with Gasteiger partial charge in [-0.25, -0.2) is 8.78 Å². The second-order valence-electron chi connectivity index (χ2n) is 13.9. The molecule has 0 radical (unpaired) electrons. The van der Waals surface area contributed by atoms with E-state index in [2.05, 4.69) is 139 Å². The summed E-state index contributed by atoms with van der Waals surface area (Å²) in [5, 5.41) is 1.92. The lowest BCUT2D eigenvalue weighted by Crippen LogP contribution is -2.14. The summed E-state index contributed by atoms with van der Waals surface area (Å²) >= 11 is 0. The van der Waals surface area contributed by atoms with Crippen LogP contribution in [0.25, 0.3) is 33.0 Å². The summed E-state index contributed by atoms with van der Waals surface area (Å²) in [5.41, 5.74) is 12.2. The number of benzene rings is 8. The van der Waals surface area contributed by atoms with Crippen LogP contribution < -0.4 is 14.5 Å². The lowest BCUT2D eigenvalue weighted by Gasteiger charge is -2.31. The largest absolute Gasteiger partial charge is 0.497 e. The average Bonchev–Trinajstić information content (AvgIpc) is 3.25. The standard InChI is InChI=1S/C51H42F2N2O/c1-4-35-6-10-37(11-7-35)39-14-22-44(23-15-39)54(45-26-18-42(52)19-27-45)48-32-41-33-49(56-3)30-31-50(41)51(34-48)55(47-28-20-43(53)21-29-47)46-24-16-40(17-25-46)38-12-8-36(5-2)9-13-38/h6-34H,4-5H2,1-3H3. The Morgan fingerprint density at radius 2 is 0.804 bits per heavy atom. The van der Waals surface area contributed by atoms with Gasteiger partial charge in [0.2, 0.25) is 0 Å². The third kappa shape index (κ3) is 7.49. The number of hydrogen-bond donors (Lipinski definition) is 0. The Morgan fingerprint density at radius 3 is 1.21 bits per heavy atom. The van der Waals surface area contributed by atoms with Gasteiger partial charge in [0.15, 0.2) is 0 Å². The molecule has 0 aliphatic rings. The molecule has 3 nitrogen and oxygen atoms in total. The van der Waals surface area contributed by atoms with Crippen molar-refractivity contribution in [3.63, 3.8) is 0 Å². The number of hydrogen-bond acceptors (Lipinski definition) is 3. The van der Waals surface area contributed by atoms with Gasteiger partial charge in [-0.1, -0.05) is 86.6 Å². The van der Waals surface area contributed by atoms with Gasteiger partial charge in [0, 0.05) is 33.8 Å². The molecule has 0 aromatic heterocycles. The van der Waals surface area contributed by atoms with Crippen molar-refractivity contribution < 1.29 is 13.5 Å². The summed E-state index contributed by atoms with van der Waals surface area (Å²) in [6.45, 7) is 4.31. The molecule has 8 rings (SSSR count). The van der Waals surface area contributed by atoms with Crippen molar-refractivity contribution in [2.45, 2.75) is 26.7 Å². The molecule has 8 aromatic rings. The molecule has 0 atom stereocenters. The number of rotatable bonds is 11. The molecule has 0 amide bonds. The smallest absolute Gasteiger partial charge is 0.123 e. The first-order valence-corrected chi connectivity index (χ1v) is 19.0. The molecule has 8 aromatic carbocycles. The van der Waals surface area contributed by atoms with Gasteiger partial charge >= 0.3 is 0 Å². The molecule has 5 heteroatoms. The van der Waals surface area contributed by atoms with Gasteiger partial charge in [-0.3, -0.25) is 0 Å². The number of fused-ring (bicyclic) bond motifs is 1. The fourth-order valence-corrected chi connectivity index (χ4v) is 7.28. The van der Waals surface area contributed by atoms with Crippen molar-refractivity contribution >= 4 is 44.9 Å². The number of halogens is 2. The van der Waals surface area contributed by atoms with Gasteiger partial charge in [0.05, 0.1) is 12.8 Å². The van der Waals surface area contributed by atoms with Crippen LogP contribution in [-0.2, 0) is 12.8 Å². The molecule has 0 N–H and O–H groups in total. The Hall–Kier alpha value is -6.72. The van der Waals surface area contributed by atoms with Gasteiger partial charge in [0.25, 0.3) is 0 Å². The number of anilines is 6. The van der Waals surface area contributed by atoms with Crippen LogP contribution in [0.3, 0.4) is 0 Å². The van der Waals surface area contributed by atoms with Crippen molar-refractivity contribution in [3.8, 4) is 28.0 Å². The highest BCUT2D eigenvalue weighted by atomic mass is 19.1. The van der Waals surface area contributed by atoms with Crippen LogP contribution in [0.4, 0.5) is 42.9 Å². The highest BCUT2D eigenvalue weighted by Crippen LogP contribution is 2.45. The zero-order valence-electron chi connectivity index (χ0n) is 31.7. The zero-order chi connectivity index (χ0) is 38.6. The number of nitrogens with zero attached hydrogens (tertiary/aromatic N) is 2. The Balaban J connectivity index is 1.30. The maximum absolute atomic E-state index is 14.5. The maximum Gasteiger partial charge on any atom is 0.123 e. The van der Waals surface area contributed by atoms with E-state index in [0.717, 1.165) is 85.7 Å². The van der Waals surface area contributed by atoms with E-state index in [4.69, 9.17) is 4.74 Å². The van der Waals surface area contributed by atoms with Gasteiger partial charge in [-0.2, -0.15) is 0 Å². The molecule has 276 valence electrons. The molecule has 0 saturated heterocycles. The van der Waals surface area contributed by atoms with E-state index in [1.54, 1.807) is 31.4 Å². The molecule has 0 unspecified atom stereocenters. The minimum Gasteiger partial charge on any atom is -0.497 e. The SMILES string of the molecule is CCc1ccc(-c2ccc(N(c3ccc(F)cc3)c3cc(N(c4ccc(F)cc4)c4ccc(-c5ccc(CC)cc5)cc4)c4ccc(OC)cc4c3)cc2)cc1. The van der Waals surface area contributed by atoms with E-state index in [1.165, 1.54) is 35.4 Å². The topological polar surface area (TPSA) is 15.7 Å². The Labute approximate surface area is 327 Å². The number of ether oxygens (including phenoxy) is 1. The number of aryl methyl sites for hydroxylation is 2. The van der Waals surface area contributed by atoms with E-state index in [9.17, 15) is 8.78 Å². The lowest BCUT2D eigenvalue weighted by atomic mass is 10.0. The monoisotopic (exact) mass is 736 g/mol. The fraction of sp³-hybridized carbons (Fsp3) is 0.0980. The zero-order valence-corrected chi connectivity index (χ0v) is 31.7. The Bertz CT molecular complexity index is 2570. The molecule has 0 spiro atoms. The van der Waals surface area contributed by atoms with Crippen molar-refractivity contribution in [2.75, 3.05) is 16.9 Å². The highest BCUT2D eigenvalue weighted by molar-refractivity contribution is 6.03. The van der Waals surface area contributed by atoms with Crippen LogP contribution in [-0.4, -0.2) is 7.11 Å². The third-order valence-corrected chi connectivity index (χ3v) is 10.4. The van der Waals surface area contributed by atoms with Crippen molar-refractivity contribution in [3.05, 3.63) is 199 Å². The van der Waals surface area contributed by atoms with Crippen LogP contribution in [0.2, 0.25) is 0 Å².